The van der Waals surface area contributed by atoms with E-state index >= 15 is 0 Å². The summed E-state index contributed by atoms with van der Waals surface area (Å²) in [6.07, 6.45) is 1.45. The molecule has 7 nitrogen and oxygen atoms in total. The Kier molecular flexibility index (Phi) is 5.68. The Bertz CT molecular complexity index is 654. The van der Waals surface area contributed by atoms with E-state index < -0.39 is 0 Å². The molecule has 1 heterocycles. The van der Waals surface area contributed by atoms with Gasteiger partial charge in [0.25, 0.3) is 5.91 Å². The highest BCUT2D eigenvalue weighted by Gasteiger charge is 2.14. The van der Waals surface area contributed by atoms with E-state index in [-0.39, 0.29) is 37.2 Å². The van der Waals surface area contributed by atoms with Gasteiger partial charge in [0, 0.05) is 22.9 Å². The number of anilines is 1. The van der Waals surface area contributed by atoms with Crippen LogP contribution in [0.1, 0.15) is 10.5 Å². The fourth-order valence-electron chi connectivity index (χ4n) is 1.78. The van der Waals surface area contributed by atoms with Crippen LogP contribution >= 0.6 is 15.9 Å². The number of aliphatic hydroxyl groups excluding tert-OH is 1. The van der Waals surface area contributed by atoms with Crippen LogP contribution in [0.4, 0.5) is 5.69 Å². The fraction of sp³-hybridized carbons (Fsp3) is 0.214. The zero-order valence-corrected chi connectivity index (χ0v) is 13.2. The molecule has 0 aliphatic carbocycles. The Labute approximate surface area is 135 Å². The molecule has 116 valence electrons. The van der Waals surface area contributed by atoms with E-state index in [1.165, 1.54) is 16.9 Å². The number of halogens is 1. The number of amides is 2. The van der Waals surface area contributed by atoms with Gasteiger partial charge in [0.1, 0.15) is 12.2 Å². The molecule has 2 aromatic rings. The monoisotopic (exact) mass is 366 g/mol. The number of carbonyl (C=O) groups excluding carboxylic acids is 2. The quantitative estimate of drug-likeness (QED) is 0.710. The molecule has 0 bridgehead atoms. The Balaban J connectivity index is 1.98. The highest BCUT2D eigenvalue weighted by molar-refractivity contribution is 9.10. The van der Waals surface area contributed by atoms with Crippen molar-refractivity contribution in [3.63, 3.8) is 0 Å². The van der Waals surface area contributed by atoms with Gasteiger partial charge in [-0.25, -0.2) is 0 Å². The predicted octanol–water partition coefficient (Wildman–Crippen LogP) is 1.01. The lowest BCUT2D eigenvalue weighted by molar-refractivity contribution is -0.116. The van der Waals surface area contributed by atoms with Crippen molar-refractivity contribution in [2.45, 2.75) is 6.54 Å². The van der Waals surface area contributed by atoms with Gasteiger partial charge in [-0.3, -0.25) is 14.3 Å². The van der Waals surface area contributed by atoms with E-state index in [1.54, 1.807) is 12.1 Å². The van der Waals surface area contributed by atoms with Crippen LogP contribution in [0.25, 0.3) is 0 Å². The van der Waals surface area contributed by atoms with Gasteiger partial charge in [-0.2, -0.15) is 5.10 Å². The van der Waals surface area contributed by atoms with E-state index in [0.29, 0.717) is 5.69 Å². The number of rotatable bonds is 6. The Hall–Kier alpha value is -2.19. The lowest BCUT2D eigenvalue weighted by atomic mass is 10.3. The summed E-state index contributed by atoms with van der Waals surface area (Å²) in [6, 6.07) is 8.67. The molecule has 0 saturated heterocycles. The van der Waals surface area contributed by atoms with E-state index in [1.807, 2.05) is 12.1 Å². The SMILES string of the molecule is O=C(Cn1nccc1C(=O)NCCO)Nc1ccc(Br)cc1. The minimum absolute atomic E-state index is 0.0784. The summed E-state index contributed by atoms with van der Waals surface area (Å²) in [5, 5.41) is 17.9. The first kappa shape index (κ1) is 16.2. The van der Waals surface area contributed by atoms with Crippen LogP contribution in [-0.4, -0.2) is 39.9 Å². The highest BCUT2D eigenvalue weighted by Crippen LogP contribution is 2.14. The van der Waals surface area contributed by atoms with E-state index in [0.717, 1.165) is 4.47 Å². The van der Waals surface area contributed by atoms with Crippen molar-refractivity contribution in [2.75, 3.05) is 18.5 Å². The molecule has 1 aromatic carbocycles. The second-order valence-electron chi connectivity index (χ2n) is 4.41. The first-order chi connectivity index (χ1) is 10.6. The van der Waals surface area contributed by atoms with Crippen LogP contribution in [0.15, 0.2) is 41.0 Å². The first-order valence-corrected chi connectivity index (χ1v) is 7.35. The summed E-state index contributed by atoms with van der Waals surface area (Å²) in [5.41, 5.74) is 0.922. The van der Waals surface area contributed by atoms with Crippen LogP contribution in [0.3, 0.4) is 0 Å². The van der Waals surface area contributed by atoms with Gasteiger partial charge in [0.15, 0.2) is 0 Å². The van der Waals surface area contributed by atoms with Crippen LogP contribution in [0.5, 0.6) is 0 Å². The third-order valence-electron chi connectivity index (χ3n) is 2.77. The second-order valence-corrected chi connectivity index (χ2v) is 5.32. The maximum Gasteiger partial charge on any atom is 0.269 e. The molecule has 0 unspecified atom stereocenters. The smallest absolute Gasteiger partial charge is 0.269 e. The lowest BCUT2D eigenvalue weighted by Gasteiger charge is -2.08. The van der Waals surface area contributed by atoms with Crippen molar-refractivity contribution >= 4 is 33.4 Å². The van der Waals surface area contributed by atoms with Gasteiger partial charge in [-0.1, -0.05) is 15.9 Å². The van der Waals surface area contributed by atoms with E-state index in [4.69, 9.17) is 5.11 Å². The number of aromatic nitrogens is 2. The molecule has 3 N–H and O–H groups in total. The summed E-state index contributed by atoms with van der Waals surface area (Å²) in [7, 11) is 0. The number of hydrogen-bond acceptors (Lipinski definition) is 4. The number of aliphatic hydroxyl groups is 1. The zero-order chi connectivity index (χ0) is 15.9. The number of hydrogen-bond donors (Lipinski definition) is 3. The maximum absolute atomic E-state index is 12.0. The summed E-state index contributed by atoms with van der Waals surface area (Å²) in [6.45, 7) is -0.0794. The molecule has 0 saturated carbocycles. The Morgan fingerprint density at radius 2 is 1.95 bits per heavy atom. The molecule has 22 heavy (non-hydrogen) atoms. The van der Waals surface area contributed by atoms with Crippen LogP contribution in [-0.2, 0) is 11.3 Å². The average Bonchev–Trinajstić information content (AvgIpc) is 2.95. The molecule has 1 aromatic heterocycles. The van der Waals surface area contributed by atoms with Gasteiger partial charge >= 0.3 is 0 Å². The molecule has 2 rings (SSSR count). The molecular formula is C14H15BrN4O3. The largest absolute Gasteiger partial charge is 0.395 e. The topological polar surface area (TPSA) is 96.2 Å². The Morgan fingerprint density at radius 1 is 1.23 bits per heavy atom. The summed E-state index contributed by atoms with van der Waals surface area (Å²) < 4.78 is 2.22. The van der Waals surface area contributed by atoms with Gasteiger partial charge in [0.2, 0.25) is 5.91 Å². The van der Waals surface area contributed by atoms with Crippen molar-refractivity contribution in [2.24, 2.45) is 0 Å². The zero-order valence-electron chi connectivity index (χ0n) is 11.6. The standard InChI is InChI=1S/C14H15BrN4O3/c15-10-1-3-11(4-2-10)18-13(21)9-19-12(5-6-17-19)14(22)16-7-8-20/h1-6,20H,7-9H2,(H,16,22)(H,18,21). The van der Waals surface area contributed by atoms with Crippen molar-refractivity contribution in [1.29, 1.82) is 0 Å². The van der Waals surface area contributed by atoms with Crippen LogP contribution in [0, 0.1) is 0 Å². The molecule has 0 spiro atoms. The lowest BCUT2D eigenvalue weighted by Crippen LogP contribution is -2.30. The summed E-state index contributed by atoms with van der Waals surface area (Å²) in [4.78, 5) is 23.8. The van der Waals surface area contributed by atoms with E-state index in [2.05, 4.69) is 31.7 Å². The Morgan fingerprint density at radius 3 is 2.64 bits per heavy atom. The highest BCUT2D eigenvalue weighted by atomic mass is 79.9. The van der Waals surface area contributed by atoms with Gasteiger partial charge in [-0.15, -0.1) is 0 Å². The third-order valence-corrected chi connectivity index (χ3v) is 3.30. The van der Waals surface area contributed by atoms with Crippen molar-refractivity contribution in [3.05, 3.63) is 46.7 Å². The van der Waals surface area contributed by atoms with Gasteiger partial charge in [-0.05, 0) is 30.3 Å². The number of nitrogens with one attached hydrogen (secondary N) is 2. The van der Waals surface area contributed by atoms with Crippen molar-refractivity contribution < 1.29 is 14.7 Å². The van der Waals surface area contributed by atoms with Crippen molar-refractivity contribution in [1.82, 2.24) is 15.1 Å². The molecule has 2 amide bonds. The van der Waals surface area contributed by atoms with Crippen LogP contribution < -0.4 is 10.6 Å². The average molecular weight is 367 g/mol. The molecule has 8 heteroatoms. The van der Waals surface area contributed by atoms with Gasteiger partial charge < -0.3 is 15.7 Å². The number of benzene rings is 1. The second kappa shape index (κ2) is 7.71. The maximum atomic E-state index is 12.0. The predicted molar refractivity (Wildman–Crippen MR) is 84.4 cm³/mol. The van der Waals surface area contributed by atoms with Gasteiger partial charge in [0.05, 0.1) is 6.61 Å². The summed E-state index contributed by atoms with van der Waals surface area (Å²) in [5.74, 6) is -0.676. The molecule has 0 aliphatic rings. The molecular weight excluding hydrogens is 352 g/mol. The third kappa shape index (κ3) is 4.40. The van der Waals surface area contributed by atoms with Crippen molar-refractivity contribution in [3.8, 4) is 0 Å². The summed E-state index contributed by atoms with van der Waals surface area (Å²) >= 11 is 3.32. The van der Waals surface area contributed by atoms with Crippen LogP contribution in [0.2, 0.25) is 0 Å². The molecule has 0 aliphatic heterocycles. The number of carbonyl (C=O) groups is 2. The molecule has 0 radical (unpaired) electrons. The first-order valence-electron chi connectivity index (χ1n) is 6.56. The molecule has 0 atom stereocenters. The fourth-order valence-corrected chi connectivity index (χ4v) is 2.05. The number of nitrogens with zero attached hydrogens (tertiary/aromatic N) is 2. The minimum Gasteiger partial charge on any atom is -0.395 e. The normalized spacial score (nSPS) is 10.3. The minimum atomic E-state index is -0.386. The van der Waals surface area contributed by atoms with E-state index in [9.17, 15) is 9.59 Å². The molecule has 0 fully saturated rings.